The Bertz CT molecular complexity index is 411. The molecule has 1 aromatic heterocycles. The van der Waals surface area contributed by atoms with Crippen molar-refractivity contribution in [1.82, 2.24) is 10.3 Å². The number of nitrogens with one attached hydrogen (secondary N) is 2. The third kappa shape index (κ3) is 2.65. The fourth-order valence-corrected chi connectivity index (χ4v) is 2.63. The first-order valence-corrected chi connectivity index (χ1v) is 6.79. The van der Waals surface area contributed by atoms with Gasteiger partial charge in [-0.15, -0.1) is 11.3 Å². The lowest BCUT2D eigenvalue weighted by Gasteiger charge is -2.22. The second kappa shape index (κ2) is 4.72. The molecule has 6 heteroatoms. The number of amides is 1. The largest absolute Gasteiger partial charge is 0.366 e. The van der Waals surface area contributed by atoms with E-state index < -0.39 is 6.10 Å². The van der Waals surface area contributed by atoms with Gasteiger partial charge in [-0.05, 0) is 12.8 Å². The van der Waals surface area contributed by atoms with Gasteiger partial charge < -0.3 is 10.1 Å². The molecule has 3 rings (SSSR count). The van der Waals surface area contributed by atoms with Gasteiger partial charge in [0.25, 0.3) is 5.91 Å². The number of carbonyl (C=O) groups is 1. The van der Waals surface area contributed by atoms with E-state index in [2.05, 4.69) is 15.6 Å². The summed E-state index contributed by atoms with van der Waals surface area (Å²) in [7, 11) is 0. The van der Waals surface area contributed by atoms with Crippen LogP contribution in [0.1, 0.15) is 24.5 Å². The van der Waals surface area contributed by atoms with E-state index >= 15 is 0 Å². The average Bonchev–Trinajstić information content (AvgIpc) is 3.12. The molecule has 2 heterocycles. The van der Waals surface area contributed by atoms with E-state index in [1.54, 1.807) is 0 Å². The second-order valence-corrected chi connectivity index (χ2v) is 5.26. The molecule has 1 saturated heterocycles. The molecular weight excluding hydrogens is 238 g/mol. The topological polar surface area (TPSA) is 63.2 Å². The molecule has 92 valence electrons. The molecule has 17 heavy (non-hydrogen) atoms. The maximum absolute atomic E-state index is 11.9. The molecule has 1 aromatic rings. The van der Waals surface area contributed by atoms with Crippen molar-refractivity contribution in [2.24, 2.45) is 0 Å². The molecule has 1 saturated carbocycles. The van der Waals surface area contributed by atoms with Crippen LogP contribution < -0.4 is 10.6 Å². The lowest BCUT2D eigenvalue weighted by atomic mass is 10.3. The van der Waals surface area contributed by atoms with E-state index in [4.69, 9.17) is 4.74 Å². The minimum Gasteiger partial charge on any atom is -0.366 e. The molecule has 0 radical (unpaired) electrons. The van der Waals surface area contributed by atoms with Crippen molar-refractivity contribution in [3.05, 3.63) is 11.1 Å². The van der Waals surface area contributed by atoms with Crippen LogP contribution in [0, 0.1) is 0 Å². The summed E-state index contributed by atoms with van der Waals surface area (Å²) in [4.78, 5) is 16.3. The summed E-state index contributed by atoms with van der Waals surface area (Å²) >= 11 is 1.49. The summed E-state index contributed by atoms with van der Waals surface area (Å²) in [5, 5.41) is 8.67. The van der Waals surface area contributed by atoms with Crippen molar-refractivity contribution >= 4 is 22.4 Å². The number of carbonyl (C=O) groups excluding carboxylic acids is 1. The Morgan fingerprint density at radius 2 is 2.47 bits per heavy atom. The Labute approximate surface area is 104 Å². The molecule has 2 N–H and O–H groups in total. The number of hydrogen-bond donors (Lipinski definition) is 2. The van der Waals surface area contributed by atoms with Crippen molar-refractivity contribution in [1.29, 1.82) is 0 Å². The number of hydrogen-bond acceptors (Lipinski definition) is 5. The van der Waals surface area contributed by atoms with Gasteiger partial charge in [0.05, 0.1) is 12.3 Å². The van der Waals surface area contributed by atoms with Crippen molar-refractivity contribution in [3.8, 4) is 0 Å². The zero-order valence-corrected chi connectivity index (χ0v) is 10.3. The Morgan fingerprint density at radius 3 is 3.18 bits per heavy atom. The minimum absolute atomic E-state index is 0.103. The molecular formula is C11H15N3O2S. The van der Waals surface area contributed by atoms with Gasteiger partial charge in [-0.1, -0.05) is 0 Å². The Hall–Kier alpha value is -0.980. The molecule has 0 bridgehead atoms. The number of anilines is 1. The summed E-state index contributed by atoms with van der Waals surface area (Å²) < 4.78 is 5.38. The standard InChI is InChI=1S/C11H15N3O2S/c15-10(9-5-12-3-4-16-9)14-11-13-8(6-17-11)7-1-2-7/h6-7,9,12H,1-5H2,(H,13,14,15). The number of nitrogens with zero attached hydrogens (tertiary/aromatic N) is 1. The first-order chi connectivity index (χ1) is 8.33. The first kappa shape index (κ1) is 11.1. The Kier molecular flexibility index (Phi) is 3.09. The van der Waals surface area contributed by atoms with Crippen molar-refractivity contribution < 1.29 is 9.53 Å². The number of ether oxygens (including phenoxy) is 1. The molecule has 1 amide bonds. The van der Waals surface area contributed by atoms with Crippen LogP contribution >= 0.6 is 11.3 Å². The van der Waals surface area contributed by atoms with Gasteiger partial charge in [0.1, 0.15) is 6.10 Å². The van der Waals surface area contributed by atoms with Crippen LogP contribution in [0.3, 0.4) is 0 Å². The summed E-state index contributed by atoms with van der Waals surface area (Å²) in [6.07, 6.45) is 2.07. The van der Waals surface area contributed by atoms with Gasteiger partial charge >= 0.3 is 0 Å². The number of morpholine rings is 1. The van der Waals surface area contributed by atoms with Crippen LogP contribution in [0.4, 0.5) is 5.13 Å². The van der Waals surface area contributed by atoms with Gasteiger partial charge in [0, 0.05) is 24.4 Å². The zero-order chi connectivity index (χ0) is 11.7. The molecule has 2 aliphatic rings. The SMILES string of the molecule is O=C(Nc1nc(C2CC2)cs1)C1CNCCO1. The summed E-state index contributed by atoms with van der Waals surface area (Å²) in [6.45, 7) is 1.98. The van der Waals surface area contributed by atoms with Gasteiger partial charge in [0.2, 0.25) is 0 Å². The highest BCUT2D eigenvalue weighted by Crippen LogP contribution is 2.40. The monoisotopic (exact) mass is 253 g/mol. The molecule has 0 spiro atoms. The van der Waals surface area contributed by atoms with Crippen LogP contribution in [-0.4, -0.2) is 36.7 Å². The first-order valence-electron chi connectivity index (χ1n) is 5.91. The van der Waals surface area contributed by atoms with Crippen LogP contribution in [0.5, 0.6) is 0 Å². The van der Waals surface area contributed by atoms with Crippen molar-refractivity contribution in [3.63, 3.8) is 0 Å². The third-order valence-corrected chi connectivity index (χ3v) is 3.74. The normalized spacial score (nSPS) is 24.6. The smallest absolute Gasteiger partial charge is 0.256 e. The number of thiazole rings is 1. The molecule has 1 unspecified atom stereocenters. The fourth-order valence-electron chi connectivity index (χ4n) is 1.83. The molecule has 2 fully saturated rings. The van der Waals surface area contributed by atoms with E-state index in [1.807, 2.05) is 5.38 Å². The van der Waals surface area contributed by atoms with Gasteiger partial charge in [-0.25, -0.2) is 4.98 Å². The van der Waals surface area contributed by atoms with E-state index in [0.29, 0.717) is 24.2 Å². The van der Waals surface area contributed by atoms with Gasteiger partial charge in [-0.2, -0.15) is 0 Å². The van der Waals surface area contributed by atoms with Crippen molar-refractivity contribution in [2.45, 2.75) is 24.9 Å². The van der Waals surface area contributed by atoms with E-state index in [-0.39, 0.29) is 5.91 Å². The van der Waals surface area contributed by atoms with Crippen LogP contribution in [-0.2, 0) is 9.53 Å². The highest BCUT2D eigenvalue weighted by Gasteiger charge is 2.27. The van der Waals surface area contributed by atoms with Crippen LogP contribution in [0.15, 0.2) is 5.38 Å². The Balaban J connectivity index is 1.58. The highest BCUT2D eigenvalue weighted by molar-refractivity contribution is 7.13. The maximum atomic E-state index is 11.9. The molecule has 1 atom stereocenters. The predicted octanol–water partition coefficient (Wildman–Crippen LogP) is 0.947. The molecule has 1 aliphatic heterocycles. The van der Waals surface area contributed by atoms with E-state index in [1.165, 1.54) is 24.2 Å². The molecule has 1 aliphatic carbocycles. The third-order valence-electron chi connectivity index (χ3n) is 2.97. The Morgan fingerprint density at radius 1 is 1.59 bits per heavy atom. The maximum Gasteiger partial charge on any atom is 0.256 e. The summed E-state index contributed by atoms with van der Waals surface area (Å²) in [5.74, 6) is 0.526. The molecule has 5 nitrogen and oxygen atoms in total. The summed E-state index contributed by atoms with van der Waals surface area (Å²) in [6, 6.07) is 0. The van der Waals surface area contributed by atoms with Crippen LogP contribution in [0.25, 0.3) is 0 Å². The van der Waals surface area contributed by atoms with E-state index in [0.717, 1.165) is 12.2 Å². The van der Waals surface area contributed by atoms with Crippen LogP contribution in [0.2, 0.25) is 0 Å². The fraction of sp³-hybridized carbons (Fsp3) is 0.636. The number of rotatable bonds is 3. The minimum atomic E-state index is -0.392. The predicted molar refractivity (Wildman–Crippen MR) is 65.3 cm³/mol. The zero-order valence-electron chi connectivity index (χ0n) is 9.44. The lowest BCUT2D eigenvalue weighted by molar-refractivity contribution is -0.128. The number of aromatic nitrogens is 1. The summed E-state index contributed by atoms with van der Waals surface area (Å²) in [5.41, 5.74) is 1.12. The lowest BCUT2D eigenvalue weighted by Crippen LogP contribution is -2.45. The second-order valence-electron chi connectivity index (χ2n) is 4.40. The van der Waals surface area contributed by atoms with Gasteiger partial charge in [-0.3, -0.25) is 10.1 Å². The van der Waals surface area contributed by atoms with E-state index in [9.17, 15) is 4.79 Å². The van der Waals surface area contributed by atoms with Gasteiger partial charge in [0.15, 0.2) is 5.13 Å². The molecule has 0 aromatic carbocycles. The van der Waals surface area contributed by atoms with Crippen molar-refractivity contribution in [2.75, 3.05) is 25.0 Å². The quantitative estimate of drug-likeness (QED) is 0.842. The average molecular weight is 253 g/mol. The highest BCUT2D eigenvalue weighted by atomic mass is 32.1.